The molecule has 2 unspecified atom stereocenters. The number of phenolic OH excluding ortho intramolecular Hbond substituents is 1. The van der Waals surface area contributed by atoms with Crippen LogP contribution in [0.4, 0.5) is 0 Å². The first-order chi connectivity index (χ1) is 8.70. The van der Waals surface area contributed by atoms with Crippen molar-refractivity contribution < 1.29 is 9.84 Å². The van der Waals surface area contributed by atoms with Crippen LogP contribution in [0.2, 0.25) is 0 Å². The topological polar surface area (TPSA) is 41.5 Å². The maximum atomic E-state index is 9.41. The number of ether oxygens (including phenoxy) is 1. The zero-order valence-corrected chi connectivity index (χ0v) is 11.3. The lowest BCUT2D eigenvalue weighted by Gasteiger charge is -2.18. The van der Waals surface area contributed by atoms with E-state index < -0.39 is 0 Å². The van der Waals surface area contributed by atoms with Gasteiger partial charge in [0.05, 0.1) is 6.04 Å². The maximum absolute atomic E-state index is 9.41. The van der Waals surface area contributed by atoms with Gasteiger partial charge in [0.2, 0.25) is 0 Å². The van der Waals surface area contributed by atoms with Crippen molar-refractivity contribution in [1.29, 1.82) is 0 Å². The largest absolute Gasteiger partial charge is 0.508 e. The molecule has 2 atom stereocenters. The summed E-state index contributed by atoms with van der Waals surface area (Å²) in [5.74, 6) is 1.08. The van der Waals surface area contributed by atoms with Gasteiger partial charge in [0.25, 0.3) is 0 Å². The predicted molar refractivity (Wildman–Crippen MR) is 73.1 cm³/mol. The van der Waals surface area contributed by atoms with Crippen LogP contribution in [0.5, 0.6) is 11.5 Å². The van der Waals surface area contributed by atoms with Crippen LogP contribution in [-0.2, 0) is 0 Å². The molecule has 3 nitrogen and oxygen atoms in total. The molecule has 2 rings (SSSR count). The third kappa shape index (κ3) is 3.16. The van der Waals surface area contributed by atoms with E-state index in [9.17, 15) is 5.11 Å². The second kappa shape index (κ2) is 6.10. The molecule has 0 saturated carbocycles. The van der Waals surface area contributed by atoms with E-state index in [1.807, 2.05) is 6.07 Å². The van der Waals surface area contributed by atoms with Gasteiger partial charge in [-0.25, -0.2) is 0 Å². The number of benzene rings is 1. The summed E-state index contributed by atoms with van der Waals surface area (Å²) in [6, 6.07) is 6.14. The number of phenols is 1. The average molecular weight is 249 g/mol. The number of nitrogens with one attached hydrogen (secondary N) is 1. The maximum Gasteiger partial charge on any atom is 0.127 e. The van der Waals surface area contributed by atoms with Gasteiger partial charge in [0.15, 0.2) is 0 Å². The number of unbranched alkanes of at least 4 members (excludes halogenated alkanes) is 2. The van der Waals surface area contributed by atoms with E-state index in [1.165, 1.54) is 25.7 Å². The molecule has 0 bridgehead atoms. The van der Waals surface area contributed by atoms with Crippen molar-refractivity contribution in [2.24, 2.45) is 0 Å². The van der Waals surface area contributed by atoms with Crippen molar-refractivity contribution >= 4 is 0 Å². The van der Waals surface area contributed by atoms with E-state index >= 15 is 0 Å². The van der Waals surface area contributed by atoms with Crippen LogP contribution < -0.4 is 10.1 Å². The monoisotopic (exact) mass is 249 g/mol. The molecule has 1 aromatic rings. The summed E-state index contributed by atoms with van der Waals surface area (Å²) in [5.41, 5.74) is 1.16. The van der Waals surface area contributed by atoms with Crippen LogP contribution in [-0.4, -0.2) is 17.8 Å². The lowest BCUT2D eigenvalue weighted by atomic mass is 10.1. The van der Waals surface area contributed by atoms with E-state index in [0.717, 1.165) is 11.3 Å². The van der Waals surface area contributed by atoms with E-state index in [0.29, 0.717) is 12.6 Å². The first-order valence-corrected chi connectivity index (χ1v) is 6.92. The molecule has 3 heteroatoms. The highest BCUT2D eigenvalue weighted by molar-refractivity contribution is 5.44. The summed E-state index contributed by atoms with van der Waals surface area (Å²) in [6.07, 6.45) is 5.05. The SMILES string of the molecule is CCCCCC(C)NC1COc2cc(O)ccc21. The minimum atomic E-state index is 0.261. The van der Waals surface area contributed by atoms with Crippen molar-refractivity contribution in [3.63, 3.8) is 0 Å². The normalized spacial score (nSPS) is 19.3. The Morgan fingerprint density at radius 3 is 3.06 bits per heavy atom. The zero-order chi connectivity index (χ0) is 13.0. The van der Waals surface area contributed by atoms with Crippen molar-refractivity contribution in [3.05, 3.63) is 23.8 Å². The quantitative estimate of drug-likeness (QED) is 0.759. The zero-order valence-electron chi connectivity index (χ0n) is 11.3. The Kier molecular flexibility index (Phi) is 4.48. The third-order valence-corrected chi connectivity index (χ3v) is 3.50. The molecule has 100 valence electrons. The molecule has 0 amide bonds. The van der Waals surface area contributed by atoms with Gasteiger partial charge in [-0.05, 0) is 25.5 Å². The molecular formula is C15H23NO2. The fourth-order valence-corrected chi connectivity index (χ4v) is 2.46. The van der Waals surface area contributed by atoms with Gasteiger partial charge in [-0.1, -0.05) is 26.2 Å². The second-order valence-corrected chi connectivity index (χ2v) is 5.15. The Balaban J connectivity index is 1.89. The molecule has 2 N–H and O–H groups in total. The van der Waals surface area contributed by atoms with E-state index in [1.54, 1.807) is 12.1 Å². The van der Waals surface area contributed by atoms with E-state index in [2.05, 4.69) is 19.2 Å². The number of hydrogen-bond acceptors (Lipinski definition) is 3. The van der Waals surface area contributed by atoms with Gasteiger partial charge < -0.3 is 15.2 Å². The van der Waals surface area contributed by atoms with E-state index in [-0.39, 0.29) is 11.8 Å². The summed E-state index contributed by atoms with van der Waals surface area (Å²) >= 11 is 0. The second-order valence-electron chi connectivity index (χ2n) is 5.15. The van der Waals surface area contributed by atoms with Crippen LogP contribution in [0.25, 0.3) is 0 Å². The summed E-state index contributed by atoms with van der Waals surface area (Å²) in [5, 5.41) is 13.0. The molecular weight excluding hydrogens is 226 g/mol. The van der Waals surface area contributed by atoms with Gasteiger partial charge >= 0.3 is 0 Å². The number of fused-ring (bicyclic) bond motifs is 1. The lowest BCUT2D eigenvalue weighted by Crippen LogP contribution is -2.31. The molecule has 0 saturated heterocycles. The third-order valence-electron chi connectivity index (χ3n) is 3.50. The van der Waals surface area contributed by atoms with E-state index in [4.69, 9.17) is 4.74 Å². The molecule has 1 aromatic carbocycles. The van der Waals surface area contributed by atoms with Gasteiger partial charge in [0, 0.05) is 17.7 Å². The highest BCUT2D eigenvalue weighted by atomic mass is 16.5. The Bertz CT molecular complexity index is 392. The fourth-order valence-electron chi connectivity index (χ4n) is 2.46. The number of aromatic hydroxyl groups is 1. The van der Waals surface area contributed by atoms with Gasteiger partial charge in [-0.3, -0.25) is 0 Å². The van der Waals surface area contributed by atoms with Crippen molar-refractivity contribution in [3.8, 4) is 11.5 Å². The molecule has 1 aliphatic heterocycles. The number of rotatable bonds is 6. The minimum Gasteiger partial charge on any atom is -0.508 e. The molecule has 0 radical (unpaired) electrons. The Hall–Kier alpha value is -1.22. The molecule has 1 aliphatic rings. The Labute approximate surface area is 109 Å². The smallest absolute Gasteiger partial charge is 0.127 e. The highest BCUT2D eigenvalue weighted by Gasteiger charge is 2.25. The van der Waals surface area contributed by atoms with Gasteiger partial charge in [-0.15, -0.1) is 0 Å². The summed E-state index contributed by atoms with van der Waals surface area (Å²) in [6.45, 7) is 5.12. The van der Waals surface area contributed by atoms with Crippen molar-refractivity contribution in [2.45, 2.75) is 51.6 Å². The molecule has 0 aliphatic carbocycles. The van der Waals surface area contributed by atoms with Gasteiger partial charge in [-0.2, -0.15) is 0 Å². The first kappa shape index (κ1) is 13.2. The highest BCUT2D eigenvalue weighted by Crippen LogP contribution is 2.35. The standard InChI is InChI=1S/C15H23NO2/c1-3-4-5-6-11(2)16-14-10-18-15-9-12(17)7-8-13(14)15/h7-9,11,14,16-17H,3-6,10H2,1-2H3. The average Bonchev–Trinajstić information content (AvgIpc) is 2.72. The lowest BCUT2D eigenvalue weighted by molar-refractivity contribution is 0.295. The predicted octanol–water partition coefficient (Wildman–Crippen LogP) is 3.38. The molecule has 1 heterocycles. The molecule has 0 aromatic heterocycles. The fraction of sp³-hybridized carbons (Fsp3) is 0.600. The van der Waals surface area contributed by atoms with Crippen molar-refractivity contribution in [1.82, 2.24) is 5.32 Å². The van der Waals surface area contributed by atoms with Crippen LogP contribution >= 0.6 is 0 Å². The van der Waals surface area contributed by atoms with Gasteiger partial charge in [0.1, 0.15) is 18.1 Å². The van der Waals surface area contributed by atoms with Crippen LogP contribution in [0.15, 0.2) is 18.2 Å². The summed E-state index contributed by atoms with van der Waals surface area (Å²) in [7, 11) is 0. The van der Waals surface area contributed by atoms with Crippen molar-refractivity contribution in [2.75, 3.05) is 6.61 Å². The Morgan fingerprint density at radius 2 is 2.28 bits per heavy atom. The molecule has 0 spiro atoms. The Morgan fingerprint density at radius 1 is 1.44 bits per heavy atom. The number of hydrogen-bond donors (Lipinski definition) is 2. The van der Waals surface area contributed by atoms with Crippen LogP contribution in [0.3, 0.4) is 0 Å². The minimum absolute atomic E-state index is 0.261. The molecule has 0 fully saturated rings. The van der Waals surface area contributed by atoms with Crippen LogP contribution in [0.1, 0.15) is 51.1 Å². The first-order valence-electron chi connectivity index (χ1n) is 6.92. The van der Waals surface area contributed by atoms with Crippen LogP contribution in [0, 0.1) is 0 Å². The summed E-state index contributed by atoms with van der Waals surface area (Å²) in [4.78, 5) is 0. The molecule has 18 heavy (non-hydrogen) atoms. The summed E-state index contributed by atoms with van der Waals surface area (Å²) < 4.78 is 5.60.